The van der Waals surface area contributed by atoms with Crippen molar-refractivity contribution in [2.75, 3.05) is 33.8 Å². The van der Waals surface area contributed by atoms with Gasteiger partial charge in [-0.05, 0) is 51.3 Å². The molecule has 0 radical (unpaired) electrons. The summed E-state index contributed by atoms with van der Waals surface area (Å²) in [5.41, 5.74) is 1.40. The van der Waals surface area contributed by atoms with Crippen molar-refractivity contribution < 1.29 is 5.11 Å². The van der Waals surface area contributed by atoms with Gasteiger partial charge in [-0.3, -0.25) is 0 Å². The molecule has 1 saturated carbocycles. The molecule has 3 nitrogen and oxygen atoms in total. The average Bonchev–Trinajstić information content (AvgIpc) is 2.48. The maximum absolute atomic E-state index is 9.79. The van der Waals surface area contributed by atoms with E-state index >= 15 is 0 Å². The number of rotatable bonds is 6. The molecule has 112 valence electrons. The lowest BCUT2D eigenvalue weighted by atomic mass is 9.74. The zero-order valence-electron chi connectivity index (χ0n) is 12.8. The minimum Gasteiger partial charge on any atom is -0.394 e. The molecule has 20 heavy (non-hydrogen) atoms. The number of hydrogen-bond donors (Lipinski definition) is 2. The average molecular weight is 276 g/mol. The van der Waals surface area contributed by atoms with Gasteiger partial charge in [-0.25, -0.2) is 0 Å². The molecule has 2 N–H and O–H groups in total. The highest BCUT2D eigenvalue weighted by Crippen LogP contribution is 2.37. The minimum absolute atomic E-state index is 0.0543. The number of hydrogen-bond acceptors (Lipinski definition) is 3. The van der Waals surface area contributed by atoms with E-state index in [2.05, 4.69) is 54.6 Å². The van der Waals surface area contributed by atoms with Gasteiger partial charge in [0.2, 0.25) is 0 Å². The second-order valence-electron chi connectivity index (χ2n) is 6.35. The largest absolute Gasteiger partial charge is 0.394 e. The zero-order chi connectivity index (χ0) is 14.4. The van der Waals surface area contributed by atoms with Gasteiger partial charge in [0.25, 0.3) is 0 Å². The summed E-state index contributed by atoms with van der Waals surface area (Å²) in [5.74, 6) is 0.659. The van der Waals surface area contributed by atoms with Crippen LogP contribution in [0.15, 0.2) is 30.3 Å². The molecule has 0 unspecified atom stereocenters. The van der Waals surface area contributed by atoms with Gasteiger partial charge in [-0.15, -0.1) is 0 Å². The summed E-state index contributed by atoms with van der Waals surface area (Å²) in [6.45, 7) is 2.22. The van der Waals surface area contributed by atoms with E-state index in [0.717, 1.165) is 25.9 Å². The summed E-state index contributed by atoms with van der Waals surface area (Å²) in [4.78, 5) is 2.17. The van der Waals surface area contributed by atoms with E-state index in [1.807, 2.05) is 0 Å². The van der Waals surface area contributed by atoms with Crippen molar-refractivity contribution in [1.29, 1.82) is 0 Å². The molecule has 1 aromatic rings. The Kier molecular flexibility index (Phi) is 5.58. The van der Waals surface area contributed by atoms with E-state index < -0.39 is 0 Å². The van der Waals surface area contributed by atoms with Gasteiger partial charge in [0.05, 0.1) is 6.61 Å². The molecule has 1 fully saturated rings. The molecule has 0 amide bonds. The molecule has 0 aromatic heterocycles. The maximum Gasteiger partial charge on any atom is 0.0613 e. The normalized spacial score (nSPS) is 26.9. The lowest BCUT2D eigenvalue weighted by Crippen LogP contribution is -2.52. The van der Waals surface area contributed by atoms with E-state index in [0.29, 0.717) is 5.92 Å². The van der Waals surface area contributed by atoms with Crippen LogP contribution < -0.4 is 5.32 Å². The first-order chi connectivity index (χ1) is 9.65. The third-order valence-electron chi connectivity index (χ3n) is 4.58. The number of nitrogens with one attached hydrogen (secondary N) is 1. The highest BCUT2D eigenvalue weighted by Gasteiger charge is 2.34. The van der Waals surface area contributed by atoms with Crippen LogP contribution in [0.4, 0.5) is 0 Å². The molecule has 0 heterocycles. The van der Waals surface area contributed by atoms with E-state index in [-0.39, 0.29) is 12.1 Å². The van der Waals surface area contributed by atoms with Crippen molar-refractivity contribution in [1.82, 2.24) is 10.2 Å². The van der Waals surface area contributed by atoms with Crippen molar-refractivity contribution in [3.05, 3.63) is 35.9 Å². The van der Waals surface area contributed by atoms with Crippen molar-refractivity contribution >= 4 is 0 Å². The summed E-state index contributed by atoms with van der Waals surface area (Å²) in [5, 5.41) is 13.4. The van der Waals surface area contributed by atoms with E-state index in [1.54, 1.807) is 0 Å². The molecule has 0 bridgehead atoms. The molecule has 1 aromatic carbocycles. The number of benzene rings is 1. The number of nitrogens with zero attached hydrogens (tertiary/aromatic N) is 1. The molecule has 0 aliphatic heterocycles. The topological polar surface area (TPSA) is 35.5 Å². The molecule has 0 spiro atoms. The van der Waals surface area contributed by atoms with E-state index in [4.69, 9.17) is 0 Å². The fourth-order valence-corrected chi connectivity index (χ4v) is 3.16. The minimum atomic E-state index is -0.0543. The smallest absolute Gasteiger partial charge is 0.0613 e. The van der Waals surface area contributed by atoms with Crippen LogP contribution in [0, 0.1) is 0 Å². The Morgan fingerprint density at radius 3 is 2.40 bits per heavy atom. The maximum atomic E-state index is 9.79. The summed E-state index contributed by atoms with van der Waals surface area (Å²) >= 11 is 0. The highest BCUT2D eigenvalue weighted by atomic mass is 16.3. The molecule has 0 saturated heterocycles. The molecule has 3 heteroatoms. The second kappa shape index (κ2) is 7.21. The Morgan fingerprint density at radius 2 is 1.85 bits per heavy atom. The van der Waals surface area contributed by atoms with Crippen LogP contribution in [-0.4, -0.2) is 49.3 Å². The standard InChI is InChI=1S/C17H28N2O/c1-19(2)13-12-18-17(14-20)10-8-16(9-11-17)15-6-4-3-5-7-15/h3-7,16,18,20H,8-14H2,1-2H3. The number of aliphatic hydroxyl groups excluding tert-OH is 1. The summed E-state index contributed by atoms with van der Waals surface area (Å²) in [6.07, 6.45) is 4.46. The van der Waals surface area contributed by atoms with Crippen molar-refractivity contribution in [3.8, 4) is 0 Å². The lowest BCUT2D eigenvalue weighted by molar-refractivity contribution is 0.112. The second-order valence-corrected chi connectivity index (χ2v) is 6.35. The highest BCUT2D eigenvalue weighted by molar-refractivity contribution is 5.20. The van der Waals surface area contributed by atoms with Crippen molar-refractivity contribution in [3.63, 3.8) is 0 Å². The predicted molar refractivity (Wildman–Crippen MR) is 84.0 cm³/mol. The zero-order valence-corrected chi connectivity index (χ0v) is 12.8. The first-order valence-corrected chi connectivity index (χ1v) is 7.71. The molecule has 1 aliphatic carbocycles. The van der Waals surface area contributed by atoms with Gasteiger partial charge < -0.3 is 15.3 Å². The Hall–Kier alpha value is -0.900. The number of likely N-dealkylation sites (N-methyl/N-ethyl adjacent to an activating group) is 1. The Labute approximate surface area is 123 Å². The summed E-state index contributed by atoms with van der Waals surface area (Å²) in [6, 6.07) is 10.8. The fraction of sp³-hybridized carbons (Fsp3) is 0.647. The molecule has 0 atom stereocenters. The first-order valence-electron chi connectivity index (χ1n) is 7.71. The Morgan fingerprint density at radius 1 is 1.20 bits per heavy atom. The van der Waals surface area contributed by atoms with Crippen LogP contribution in [0.5, 0.6) is 0 Å². The summed E-state index contributed by atoms with van der Waals surface area (Å²) < 4.78 is 0. The van der Waals surface area contributed by atoms with Crippen LogP contribution >= 0.6 is 0 Å². The third-order valence-corrected chi connectivity index (χ3v) is 4.58. The van der Waals surface area contributed by atoms with Crippen LogP contribution in [0.2, 0.25) is 0 Å². The van der Waals surface area contributed by atoms with Gasteiger partial charge >= 0.3 is 0 Å². The SMILES string of the molecule is CN(C)CCNC1(CO)CCC(c2ccccc2)CC1. The molecule has 1 aliphatic rings. The van der Waals surface area contributed by atoms with Gasteiger partial charge in [0.1, 0.15) is 0 Å². The first kappa shape index (κ1) is 15.5. The Balaban J connectivity index is 1.87. The van der Waals surface area contributed by atoms with Gasteiger partial charge in [-0.1, -0.05) is 30.3 Å². The fourth-order valence-electron chi connectivity index (χ4n) is 3.16. The van der Waals surface area contributed by atoms with Crippen LogP contribution in [0.25, 0.3) is 0 Å². The Bertz CT molecular complexity index is 383. The third kappa shape index (κ3) is 4.05. The van der Waals surface area contributed by atoms with Gasteiger partial charge in [-0.2, -0.15) is 0 Å². The monoisotopic (exact) mass is 276 g/mol. The van der Waals surface area contributed by atoms with Gasteiger partial charge in [0, 0.05) is 18.6 Å². The van der Waals surface area contributed by atoms with E-state index in [1.165, 1.54) is 18.4 Å². The van der Waals surface area contributed by atoms with E-state index in [9.17, 15) is 5.11 Å². The molecular weight excluding hydrogens is 248 g/mol. The molecule has 2 rings (SSSR count). The van der Waals surface area contributed by atoms with Crippen LogP contribution in [-0.2, 0) is 0 Å². The van der Waals surface area contributed by atoms with Crippen LogP contribution in [0.1, 0.15) is 37.2 Å². The van der Waals surface area contributed by atoms with Crippen LogP contribution in [0.3, 0.4) is 0 Å². The van der Waals surface area contributed by atoms with Gasteiger partial charge in [0.15, 0.2) is 0 Å². The predicted octanol–water partition coefficient (Wildman–Crippen LogP) is 2.23. The van der Waals surface area contributed by atoms with Crippen molar-refractivity contribution in [2.45, 2.75) is 37.1 Å². The number of aliphatic hydroxyl groups is 1. The lowest BCUT2D eigenvalue weighted by Gasteiger charge is -2.40. The van der Waals surface area contributed by atoms with Crippen molar-refractivity contribution in [2.24, 2.45) is 0 Å². The summed E-state index contributed by atoms with van der Waals surface area (Å²) in [7, 11) is 4.17. The quantitative estimate of drug-likeness (QED) is 0.836. The molecular formula is C17H28N2O.